The minimum absolute atomic E-state index is 0.152. The molecule has 1 aromatic heterocycles. The minimum atomic E-state index is -0.700. The Morgan fingerprint density at radius 1 is 1.69 bits per heavy atom. The first kappa shape index (κ1) is 13.1. The van der Waals surface area contributed by atoms with Crippen LogP contribution < -0.4 is 5.32 Å². The lowest BCUT2D eigenvalue weighted by atomic mass is 10.2. The molecular weight excluding hydrogens is 276 g/mol. The third kappa shape index (κ3) is 4.26. The van der Waals surface area contributed by atoms with Crippen LogP contribution in [0.25, 0.3) is 0 Å². The van der Waals surface area contributed by atoms with Crippen molar-refractivity contribution in [1.29, 1.82) is 0 Å². The number of aliphatic hydroxyl groups excluding tert-OH is 1. The van der Waals surface area contributed by atoms with Crippen molar-refractivity contribution in [1.82, 2.24) is 10.3 Å². The van der Waals surface area contributed by atoms with Gasteiger partial charge in [-0.15, -0.1) is 0 Å². The van der Waals surface area contributed by atoms with Crippen LogP contribution >= 0.6 is 15.9 Å². The van der Waals surface area contributed by atoms with E-state index in [9.17, 15) is 9.90 Å². The Labute approximate surface area is 102 Å². The molecule has 0 saturated carbocycles. The quantitative estimate of drug-likeness (QED) is 0.832. The van der Waals surface area contributed by atoms with Gasteiger partial charge in [-0.2, -0.15) is 0 Å². The van der Waals surface area contributed by atoms with E-state index < -0.39 is 6.10 Å². The molecule has 1 unspecified atom stereocenters. The summed E-state index contributed by atoms with van der Waals surface area (Å²) in [7, 11) is 1.49. The second-order valence-corrected chi connectivity index (χ2v) is 4.13. The number of nitrogens with zero attached hydrogens (tertiary/aromatic N) is 1. The number of pyridine rings is 1. The first-order valence-electron chi connectivity index (χ1n) is 4.69. The van der Waals surface area contributed by atoms with Crippen LogP contribution in [0, 0.1) is 0 Å². The Kier molecular flexibility index (Phi) is 5.37. The normalized spacial score (nSPS) is 12.2. The number of methoxy groups -OCH3 is 1. The van der Waals surface area contributed by atoms with Crippen molar-refractivity contribution in [2.75, 3.05) is 20.3 Å². The first-order valence-corrected chi connectivity index (χ1v) is 5.48. The second kappa shape index (κ2) is 6.57. The molecule has 0 aromatic carbocycles. The van der Waals surface area contributed by atoms with Gasteiger partial charge in [-0.25, -0.2) is 0 Å². The monoisotopic (exact) mass is 288 g/mol. The predicted molar refractivity (Wildman–Crippen MR) is 62.2 cm³/mol. The number of aliphatic hydroxyl groups is 1. The molecule has 0 aliphatic heterocycles. The lowest BCUT2D eigenvalue weighted by Gasteiger charge is -2.10. The van der Waals surface area contributed by atoms with Crippen molar-refractivity contribution in [3.8, 4) is 0 Å². The number of halogens is 1. The maximum absolute atomic E-state index is 11.6. The third-order valence-electron chi connectivity index (χ3n) is 1.82. The summed E-state index contributed by atoms with van der Waals surface area (Å²) in [5.74, 6) is -0.274. The number of aromatic nitrogens is 1. The molecule has 1 rings (SSSR count). The third-order valence-corrected chi connectivity index (χ3v) is 2.26. The van der Waals surface area contributed by atoms with Gasteiger partial charge in [0.05, 0.1) is 18.3 Å². The van der Waals surface area contributed by atoms with Gasteiger partial charge in [0.2, 0.25) is 0 Å². The maximum atomic E-state index is 11.6. The summed E-state index contributed by atoms with van der Waals surface area (Å²) < 4.78 is 5.47. The Balaban J connectivity index is 2.47. The molecule has 0 radical (unpaired) electrons. The highest BCUT2D eigenvalue weighted by Gasteiger charge is 2.09. The van der Waals surface area contributed by atoms with Gasteiger partial charge >= 0.3 is 0 Å². The number of nitrogens with one attached hydrogen (secondary N) is 1. The van der Waals surface area contributed by atoms with Crippen molar-refractivity contribution in [2.24, 2.45) is 0 Å². The minimum Gasteiger partial charge on any atom is -0.389 e. The van der Waals surface area contributed by atoms with Gasteiger partial charge in [0.1, 0.15) is 0 Å². The lowest BCUT2D eigenvalue weighted by molar-refractivity contribution is 0.0609. The van der Waals surface area contributed by atoms with Crippen molar-refractivity contribution in [3.05, 3.63) is 28.5 Å². The van der Waals surface area contributed by atoms with Crippen LogP contribution in [-0.4, -0.2) is 42.4 Å². The molecule has 0 aliphatic rings. The van der Waals surface area contributed by atoms with E-state index in [4.69, 9.17) is 4.74 Å². The summed E-state index contributed by atoms with van der Waals surface area (Å²) >= 11 is 3.22. The number of rotatable bonds is 5. The smallest absolute Gasteiger partial charge is 0.252 e. The molecule has 88 valence electrons. The Morgan fingerprint density at radius 3 is 3.06 bits per heavy atom. The largest absolute Gasteiger partial charge is 0.389 e. The molecule has 5 nitrogen and oxygen atoms in total. The van der Waals surface area contributed by atoms with E-state index in [-0.39, 0.29) is 19.1 Å². The van der Waals surface area contributed by atoms with Crippen molar-refractivity contribution in [3.63, 3.8) is 0 Å². The highest BCUT2D eigenvalue weighted by molar-refractivity contribution is 9.10. The van der Waals surface area contributed by atoms with Crippen LogP contribution in [0.1, 0.15) is 10.4 Å². The maximum Gasteiger partial charge on any atom is 0.252 e. The highest BCUT2D eigenvalue weighted by atomic mass is 79.9. The zero-order chi connectivity index (χ0) is 12.0. The standard InChI is InChI=1S/C10H13BrN2O3/c1-16-6-9(14)5-13-10(15)7-2-8(11)4-12-3-7/h2-4,9,14H,5-6H2,1H3,(H,13,15). The van der Waals surface area contributed by atoms with Crippen molar-refractivity contribution >= 4 is 21.8 Å². The molecular formula is C10H13BrN2O3. The van der Waals surface area contributed by atoms with Gasteiger partial charge in [-0.3, -0.25) is 9.78 Å². The summed E-state index contributed by atoms with van der Waals surface area (Å²) in [6.07, 6.45) is 2.35. The summed E-state index contributed by atoms with van der Waals surface area (Å²) in [5, 5.41) is 11.9. The molecule has 2 N–H and O–H groups in total. The average Bonchev–Trinajstić information content (AvgIpc) is 2.26. The molecule has 0 spiro atoms. The van der Waals surface area contributed by atoms with Crippen molar-refractivity contribution in [2.45, 2.75) is 6.10 Å². The van der Waals surface area contributed by atoms with E-state index in [1.165, 1.54) is 13.3 Å². The van der Waals surface area contributed by atoms with E-state index in [1.807, 2.05) is 0 Å². The zero-order valence-corrected chi connectivity index (χ0v) is 10.4. The van der Waals surface area contributed by atoms with Gasteiger partial charge in [0.15, 0.2) is 0 Å². The number of carbonyl (C=O) groups excluding carboxylic acids is 1. The van der Waals surface area contributed by atoms with Crippen LogP contribution in [0.5, 0.6) is 0 Å². The molecule has 1 heterocycles. The fraction of sp³-hybridized carbons (Fsp3) is 0.400. The summed E-state index contributed by atoms with van der Waals surface area (Å²) in [4.78, 5) is 15.5. The van der Waals surface area contributed by atoms with Crippen LogP contribution in [0.4, 0.5) is 0 Å². The van der Waals surface area contributed by atoms with Gasteiger partial charge in [0, 0.05) is 30.5 Å². The Morgan fingerprint density at radius 2 is 2.44 bits per heavy atom. The SMILES string of the molecule is COCC(O)CNC(=O)c1cncc(Br)c1. The van der Waals surface area contributed by atoms with Crippen molar-refractivity contribution < 1.29 is 14.6 Å². The summed E-state index contributed by atoms with van der Waals surface area (Å²) in [5.41, 5.74) is 0.444. The van der Waals surface area contributed by atoms with Gasteiger partial charge in [-0.1, -0.05) is 0 Å². The van der Waals surface area contributed by atoms with E-state index in [1.54, 1.807) is 12.3 Å². The molecule has 0 fully saturated rings. The van der Waals surface area contributed by atoms with Gasteiger partial charge < -0.3 is 15.2 Å². The van der Waals surface area contributed by atoms with Gasteiger partial charge in [0.25, 0.3) is 5.91 Å². The van der Waals surface area contributed by atoms with Crippen LogP contribution in [0.15, 0.2) is 22.9 Å². The number of ether oxygens (including phenoxy) is 1. The molecule has 1 atom stereocenters. The van der Waals surface area contributed by atoms with E-state index in [0.29, 0.717) is 5.56 Å². The highest BCUT2D eigenvalue weighted by Crippen LogP contribution is 2.09. The van der Waals surface area contributed by atoms with Gasteiger partial charge in [-0.05, 0) is 22.0 Å². The number of amides is 1. The number of hydrogen-bond donors (Lipinski definition) is 2. The summed E-state index contributed by atoms with van der Waals surface area (Å²) in [6.45, 7) is 0.343. The van der Waals surface area contributed by atoms with Crippen LogP contribution in [0.3, 0.4) is 0 Å². The lowest BCUT2D eigenvalue weighted by Crippen LogP contribution is -2.34. The van der Waals surface area contributed by atoms with E-state index in [0.717, 1.165) is 4.47 Å². The number of carbonyl (C=O) groups is 1. The summed E-state index contributed by atoms with van der Waals surface area (Å²) in [6, 6.07) is 1.66. The molecule has 6 heteroatoms. The van der Waals surface area contributed by atoms with Crippen LogP contribution in [0.2, 0.25) is 0 Å². The average molecular weight is 289 g/mol. The first-order chi connectivity index (χ1) is 7.63. The number of hydrogen-bond acceptors (Lipinski definition) is 4. The predicted octanol–water partition coefficient (Wildman–Crippen LogP) is 0.581. The molecule has 16 heavy (non-hydrogen) atoms. The fourth-order valence-corrected chi connectivity index (χ4v) is 1.46. The molecule has 1 aromatic rings. The molecule has 0 bridgehead atoms. The fourth-order valence-electron chi connectivity index (χ4n) is 1.10. The zero-order valence-electron chi connectivity index (χ0n) is 8.81. The van der Waals surface area contributed by atoms with E-state index >= 15 is 0 Å². The molecule has 0 saturated heterocycles. The molecule has 1 amide bonds. The van der Waals surface area contributed by atoms with Crippen LogP contribution in [-0.2, 0) is 4.74 Å². The van der Waals surface area contributed by atoms with E-state index in [2.05, 4.69) is 26.2 Å². The topological polar surface area (TPSA) is 71.5 Å². The Hall–Kier alpha value is -0.980. The molecule has 0 aliphatic carbocycles. The second-order valence-electron chi connectivity index (χ2n) is 3.21. The Bertz CT molecular complexity index is 360.